The average molecular weight is 460 g/mol. The molecule has 3 atom stereocenters. The van der Waals surface area contributed by atoms with Crippen LogP contribution in [0.15, 0.2) is 91.0 Å². The highest BCUT2D eigenvalue weighted by molar-refractivity contribution is 5.90. The molecule has 0 radical (unpaired) electrons. The molecule has 0 saturated carbocycles. The topological polar surface area (TPSA) is 88.1 Å². The van der Waals surface area contributed by atoms with Crippen LogP contribution in [0.5, 0.6) is 0 Å². The zero-order valence-corrected chi connectivity index (χ0v) is 18.4. The van der Waals surface area contributed by atoms with Crippen LogP contribution in [0.2, 0.25) is 0 Å². The molecule has 7 nitrogen and oxygen atoms in total. The summed E-state index contributed by atoms with van der Waals surface area (Å²) in [5.41, 5.74) is 1.20. The summed E-state index contributed by atoms with van der Waals surface area (Å²) in [6.45, 7) is -0.0225. The second kappa shape index (κ2) is 11.2. The van der Waals surface area contributed by atoms with Crippen molar-refractivity contribution in [3.05, 3.63) is 108 Å². The molecule has 7 heteroatoms. The molecule has 1 saturated heterocycles. The van der Waals surface area contributed by atoms with E-state index in [9.17, 15) is 14.4 Å². The largest absolute Gasteiger partial charge is 0.459 e. The van der Waals surface area contributed by atoms with Crippen molar-refractivity contribution < 1.29 is 33.3 Å². The normalized spacial score (nSPS) is 19.6. The second-order valence-corrected chi connectivity index (χ2v) is 7.78. The van der Waals surface area contributed by atoms with Crippen molar-refractivity contribution in [2.45, 2.75) is 24.7 Å². The first-order valence-electron chi connectivity index (χ1n) is 11.0. The molecule has 34 heavy (non-hydrogen) atoms. The molecule has 1 fully saturated rings. The van der Waals surface area contributed by atoms with Crippen molar-refractivity contribution in [3.63, 3.8) is 0 Å². The van der Waals surface area contributed by atoms with Gasteiger partial charge in [0, 0.05) is 6.42 Å². The molecule has 0 aromatic heterocycles. The van der Waals surface area contributed by atoms with Crippen LogP contribution in [-0.2, 0) is 18.9 Å². The van der Waals surface area contributed by atoms with Crippen molar-refractivity contribution in [1.82, 2.24) is 0 Å². The van der Waals surface area contributed by atoms with Gasteiger partial charge in [0.2, 0.25) is 0 Å². The van der Waals surface area contributed by atoms with Crippen molar-refractivity contribution in [2.75, 3.05) is 13.2 Å². The second-order valence-electron chi connectivity index (χ2n) is 7.78. The van der Waals surface area contributed by atoms with Gasteiger partial charge in [0.25, 0.3) is 0 Å². The van der Waals surface area contributed by atoms with E-state index < -0.39 is 36.2 Å². The number of carbonyl (C=O) groups excluding carboxylic acids is 3. The molecule has 3 aromatic carbocycles. The third-order valence-electron chi connectivity index (χ3n) is 5.35. The molecule has 0 bridgehead atoms. The number of carbonyl (C=O) groups is 3. The van der Waals surface area contributed by atoms with Crippen LogP contribution in [0.3, 0.4) is 0 Å². The maximum absolute atomic E-state index is 12.7. The molecule has 1 unspecified atom stereocenters. The van der Waals surface area contributed by atoms with Crippen molar-refractivity contribution >= 4 is 17.9 Å². The summed E-state index contributed by atoms with van der Waals surface area (Å²) >= 11 is 0. The first kappa shape index (κ1) is 23.2. The highest BCUT2D eigenvalue weighted by atomic mass is 16.6. The third kappa shape index (κ3) is 6.08. The Labute approximate surface area is 197 Å². The van der Waals surface area contributed by atoms with E-state index >= 15 is 0 Å². The maximum Gasteiger partial charge on any atom is 0.338 e. The molecular formula is C27H24O7. The first-order valence-corrected chi connectivity index (χ1v) is 11.0. The summed E-state index contributed by atoms with van der Waals surface area (Å²) in [6.07, 6.45) is -1.89. The Kier molecular flexibility index (Phi) is 7.67. The summed E-state index contributed by atoms with van der Waals surface area (Å²) in [4.78, 5) is 37.5. The van der Waals surface area contributed by atoms with Gasteiger partial charge >= 0.3 is 17.9 Å². The molecule has 1 aliphatic heterocycles. The molecule has 0 spiro atoms. The van der Waals surface area contributed by atoms with Gasteiger partial charge in [0.15, 0.2) is 6.10 Å². The summed E-state index contributed by atoms with van der Waals surface area (Å²) in [5.74, 6) is -1.54. The predicted octanol–water partition coefficient (Wildman–Crippen LogP) is 4.08. The predicted molar refractivity (Wildman–Crippen MR) is 122 cm³/mol. The van der Waals surface area contributed by atoms with Gasteiger partial charge in [-0.05, 0) is 36.4 Å². The molecule has 0 aliphatic carbocycles. The van der Waals surface area contributed by atoms with Crippen molar-refractivity contribution in [2.24, 2.45) is 0 Å². The number of esters is 3. The minimum atomic E-state index is -0.804. The highest BCUT2D eigenvalue weighted by Gasteiger charge is 2.37. The Morgan fingerprint density at radius 3 is 1.59 bits per heavy atom. The Morgan fingerprint density at radius 2 is 1.09 bits per heavy atom. The Bertz CT molecular complexity index is 1100. The fourth-order valence-electron chi connectivity index (χ4n) is 3.55. The first-order chi connectivity index (χ1) is 16.6. The van der Waals surface area contributed by atoms with E-state index in [1.165, 1.54) is 0 Å². The summed E-state index contributed by atoms with van der Waals surface area (Å²) < 4.78 is 22.5. The number of hydrogen-bond acceptors (Lipinski definition) is 7. The lowest BCUT2D eigenvalue weighted by Crippen LogP contribution is -2.47. The van der Waals surface area contributed by atoms with Gasteiger partial charge in [-0.15, -0.1) is 0 Å². The van der Waals surface area contributed by atoms with Crippen LogP contribution >= 0.6 is 0 Å². The smallest absolute Gasteiger partial charge is 0.338 e. The van der Waals surface area contributed by atoms with Gasteiger partial charge in [-0.3, -0.25) is 0 Å². The van der Waals surface area contributed by atoms with Gasteiger partial charge in [-0.1, -0.05) is 54.6 Å². The van der Waals surface area contributed by atoms with Crippen molar-refractivity contribution in [1.29, 1.82) is 0 Å². The van der Waals surface area contributed by atoms with E-state index in [1.807, 2.05) is 6.07 Å². The zero-order chi connectivity index (χ0) is 23.8. The standard InChI is InChI=1S/C27H24O7/c28-25(19-10-4-1-5-11-19)32-17-22-16-23(33-26(29)20-12-6-2-7-13-20)24(18-31-22)34-27(30)21-14-8-3-9-15-21/h1-15,22-24H,16-18H2/t22?,23-,24+/m0/s1. The quantitative estimate of drug-likeness (QED) is 0.388. The zero-order valence-electron chi connectivity index (χ0n) is 18.4. The lowest BCUT2D eigenvalue weighted by molar-refractivity contribution is -0.139. The van der Waals surface area contributed by atoms with E-state index in [-0.39, 0.29) is 19.6 Å². The van der Waals surface area contributed by atoms with Crippen LogP contribution in [0.1, 0.15) is 37.5 Å². The molecule has 1 aliphatic rings. The Hall–Kier alpha value is -3.97. The Balaban J connectivity index is 1.42. The van der Waals surface area contributed by atoms with Gasteiger partial charge in [0.05, 0.1) is 29.4 Å². The molecular weight excluding hydrogens is 436 g/mol. The lowest BCUT2D eigenvalue weighted by atomic mass is 10.0. The van der Waals surface area contributed by atoms with Gasteiger partial charge < -0.3 is 18.9 Å². The van der Waals surface area contributed by atoms with E-state index in [4.69, 9.17) is 18.9 Å². The van der Waals surface area contributed by atoms with Crippen molar-refractivity contribution in [3.8, 4) is 0 Å². The van der Waals surface area contributed by atoms with E-state index in [2.05, 4.69) is 0 Å². The molecule has 0 N–H and O–H groups in total. The number of hydrogen-bond donors (Lipinski definition) is 0. The minimum Gasteiger partial charge on any atom is -0.459 e. The van der Waals surface area contributed by atoms with Crippen LogP contribution in [0.4, 0.5) is 0 Å². The number of benzene rings is 3. The SMILES string of the molecule is O=C(OCC1C[C@H](OC(=O)c2ccccc2)[C@H](OC(=O)c2ccccc2)CO1)c1ccccc1. The summed E-state index contributed by atoms with van der Waals surface area (Å²) in [5, 5.41) is 0. The van der Waals surface area contributed by atoms with Crippen LogP contribution in [0.25, 0.3) is 0 Å². The molecule has 4 rings (SSSR count). The molecule has 1 heterocycles. The van der Waals surface area contributed by atoms with Gasteiger partial charge in [-0.2, -0.15) is 0 Å². The van der Waals surface area contributed by atoms with Crippen LogP contribution in [0, 0.1) is 0 Å². The number of ether oxygens (including phenoxy) is 4. The van der Waals surface area contributed by atoms with E-state index in [1.54, 1.807) is 84.9 Å². The summed E-state index contributed by atoms with van der Waals surface area (Å²) in [7, 11) is 0. The summed E-state index contributed by atoms with van der Waals surface area (Å²) in [6, 6.07) is 25.7. The fourth-order valence-corrected chi connectivity index (χ4v) is 3.55. The van der Waals surface area contributed by atoms with Gasteiger partial charge in [-0.25, -0.2) is 14.4 Å². The van der Waals surface area contributed by atoms with Crippen LogP contribution < -0.4 is 0 Å². The van der Waals surface area contributed by atoms with Gasteiger partial charge in [0.1, 0.15) is 12.7 Å². The third-order valence-corrected chi connectivity index (χ3v) is 5.35. The molecule has 174 valence electrons. The maximum atomic E-state index is 12.7. The van der Waals surface area contributed by atoms with E-state index in [0.717, 1.165) is 0 Å². The number of rotatable bonds is 7. The fraction of sp³-hybridized carbons (Fsp3) is 0.222. The van der Waals surface area contributed by atoms with Crippen LogP contribution in [-0.4, -0.2) is 49.4 Å². The van der Waals surface area contributed by atoms with E-state index in [0.29, 0.717) is 16.7 Å². The minimum absolute atomic E-state index is 0.00113. The highest BCUT2D eigenvalue weighted by Crippen LogP contribution is 2.23. The molecule has 3 aromatic rings. The Morgan fingerprint density at radius 1 is 0.647 bits per heavy atom. The monoisotopic (exact) mass is 460 g/mol. The average Bonchev–Trinajstić information content (AvgIpc) is 2.90. The molecule has 0 amide bonds. The lowest BCUT2D eigenvalue weighted by Gasteiger charge is -2.35.